The van der Waals surface area contributed by atoms with Crippen LogP contribution in [0.25, 0.3) is 0 Å². The highest BCUT2D eigenvalue weighted by atomic mass is 16.1. The van der Waals surface area contributed by atoms with Gasteiger partial charge in [-0.1, -0.05) is 24.8 Å². The molecule has 1 amide bonds. The highest BCUT2D eigenvalue weighted by Gasteiger charge is 2.09. The highest BCUT2D eigenvalue weighted by Crippen LogP contribution is 2.20. The maximum atomic E-state index is 11.6. The lowest BCUT2D eigenvalue weighted by Gasteiger charge is -2.23. The minimum absolute atomic E-state index is 0.0487. The number of benzene rings is 2. The second-order valence-electron chi connectivity index (χ2n) is 6.95. The zero-order valence-corrected chi connectivity index (χ0v) is 18.9. The quantitative estimate of drug-likeness (QED) is 0.204. The summed E-state index contributed by atoms with van der Waals surface area (Å²) in [6.07, 6.45) is 2.75. The monoisotopic (exact) mass is 448 g/mol. The molecule has 0 radical (unpaired) electrons. The molecule has 0 unspecified atom stereocenters. The molecule has 0 aliphatic heterocycles. The Kier molecular flexibility index (Phi) is 10.5. The van der Waals surface area contributed by atoms with Crippen LogP contribution in [0.2, 0.25) is 0 Å². The van der Waals surface area contributed by atoms with E-state index in [1.165, 1.54) is 12.3 Å². The van der Waals surface area contributed by atoms with Crippen LogP contribution in [-0.4, -0.2) is 50.1 Å². The SMILES string of the molecule is C=CC(=O)Nc1cccc(C(CC=N)=NC(=NCN)Nc2cccc(N(CC)CCN)c2)c1. The molecule has 2 aromatic rings. The van der Waals surface area contributed by atoms with Crippen LogP contribution in [0, 0.1) is 5.41 Å². The van der Waals surface area contributed by atoms with Gasteiger partial charge in [-0.25, -0.2) is 9.98 Å². The van der Waals surface area contributed by atoms with Crippen molar-refractivity contribution in [1.29, 1.82) is 5.41 Å². The van der Waals surface area contributed by atoms with Gasteiger partial charge in [0.1, 0.15) is 0 Å². The van der Waals surface area contributed by atoms with Crippen LogP contribution in [0.15, 0.2) is 71.2 Å². The minimum atomic E-state index is -0.305. The Morgan fingerprint density at radius 3 is 2.52 bits per heavy atom. The van der Waals surface area contributed by atoms with Crippen molar-refractivity contribution < 1.29 is 4.79 Å². The summed E-state index contributed by atoms with van der Waals surface area (Å²) in [5.41, 5.74) is 15.2. The standard InChI is InChI=1S/C24H32N8O/c1-3-23(33)29-19-8-5-7-18(15-19)22(11-12-25)31-24(28-17-27)30-20-9-6-10-21(16-20)32(4-2)14-13-26/h3,5-10,12,15-16,25H,1,4,11,13-14,17,26-27H2,2H3,(H,28,30)(H,29,33). The number of amides is 1. The molecule has 2 aromatic carbocycles. The van der Waals surface area contributed by atoms with E-state index in [1.807, 2.05) is 30.3 Å². The van der Waals surface area contributed by atoms with Gasteiger partial charge < -0.3 is 32.4 Å². The molecule has 0 heterocycles. The Morgan fingerprint density at radius 1 is 1.15 bits per heavy atom. The normalized spacial score (nSPS) is 11.6. The molecule has 33 heavy (non-hydrogen) atoms. The molecule has 7 N–H and O–H groups in total. The van der Waals surface area contributed by atoms with Crippen LogP contribution in [0.3, 0.4) is 0 Å². The van der Waals surface area contributed by atoms with Crippen LogP contribution < -0.4 is 27.0 Å². The molecular formula is C24H32N8O. The van der Waals surface area contributed by atoms with Crippen LogP contribution in [0.5, 0.6) is 0 Å². The van der Waals surface area contributed by atoms with Gasteiger partial charge in [-0.15, -0.1) is 0 Å². The number of nitrogens with one attached hydrogen (secondary N) is 3. The van der Waals surface area contributed by atoms with Crippen LogP contribution in [0.4, 0.5) is 17.1 Å². The first-order valence-corrected chi connectivity index (χ1v) is 10.7. The van der Waals surface area contributed by atoms with Gasteiger partial charge in [-0.05, 0) is 48.9 Å². The van der Waals surface area contributed by atoms with Crippen molar-refractivity contribution in [2.24, 2.45) is 21.5 Å². The smallest absolute Gasteiger partial charge is 0.247 e. The zero-order valence-electron chi connectivity index (χ0n) is 18.9. The molecule has 0 bridgehead atoms. The van der Waals surface area contributed by atoms with Crippen LogP contribution in [-0.2, 0) is 4.79 Å². The largest absolute Gasteiger partial charge is 0.370 e. The molecule has 0 saturated heterocycles. The number of guanidine groups is 1. The molecular weight excluding hydrogens is 416 g/mol. The van der Waals surface area contributed by atoms with E-state index in [2.05, 4.69) is 39.0 Å². The number of aliphatic imine (C=N–C) groups is 2. The van der Waals surface area contributed by atoms with E-state index in [0.717, 1.165) is 30.0 Å². The summed E-state index contributed by atoms with van der Waals surface area (Å²) < 4.78 is 0. The molecule has 0 fully saturated rings. The van der Waals surface area contributed by atoms with Gasteiger partial charge in [0.05, 0.1) is 12.4 Å². The lowest BCUT2D eigenvalue weighted by Crippen LogP contribution is -2.29. The molecule has 0 aliphatic carbocycles. The van der Waals surface area contributed by atoms with Crippen molar-refractivity contribution in [2.45, 2.75) is 13.3 Å². The van der Waals surface area contributed by atoms with Gasteiger partial charge in [0.15, 0.2) is 0 Å². The first-order chi connectivity index (χ1) is 16.0. The van der Waals surface area contributed by atoms with E-state index in [-0.39, 0.29) is 19.0 Å². The Hall–Kier alpha value is -3.82. The summed E-state index contributed by atoms with van der Waals surface area (Å²) in [7, 11) is 0. The molecule has 0 aromatic heterocycles. The van der Waals surface area contributed by atoms with Crippen LogP contribution in [0.1, 0.15) is 18.9 Å². The van der Waals surface area contributed by atoms with Gasteiger partial charge >= 0.3 is 0 Å². The second-order valence-corrected chi connectivity index (χ2v) is 6.95. The fourth-order valence-corrected chi connectivity index (χ4v) is 3.15. The third-order valence-electron chi connectivity index (χ3n) is 4.67. The summed E-state index contributed by atoms with van der Waals surface area (Å²) in [5, 5.41) is 13.5. The number of carbonyl (C=O) groups excluding carboxylic acids is 1. The topological polar surface area (TPSA) is 145 Å². The maximum Gasteiger partial charge on any atom is 0.247 e. The first kappa shape index (κ1) is 25.4. The van der Waals surface area contributed by atoms with Crippen molar-refractivity contribution in [2.75, 3.05) is 41.8 Å². The Morgan fingerprint density at radius 2 is 1.88 bits per heavy atom. The third-order valence-corrected chi connectivity index (χ3v) is 4.67. The van der Waals surface area contributed by atoms with Crippen molar-refractivity contribution in [3.8, 4) is 0 Å². The average molecular weight is 449 g/mol. The molecule has 0 saturated carbocycles. The summed E-state index contributed by atoms with van der Waals surface area (Å²) >= 11 is 0. The lowest BCUT2D eigenvalue weighted by molar-refractivity contribution is -0.111. The highest BCUT2D eigenvalue weighted by molar-refractivity contribution is 6.14. The number of hydrogen-bond donors (Lipinski definition) is 5. The average Bonchev–Trinajstić information content (AvgIpc) is 2.82. The molecule has 174 valence electrons. The van der Waals surface area contributed by atoms with Gasteiger partial charge in [-0.2, -0.15) is 0 Å². The predicted octanol–water partition coefficient (Wildman–Crippen LogP) is 2.81. The van der Waals surface area contributed by atoms with E-state index >= 15 is 0 Å². The summed E-state index contributed by atoms with van der Waals surface area (Å²) in [4.78, 5) is 22.8. The van der Waals surface area contributed by atoms with Crippen molar-refractivity contribution in [3.05, 3.63) is 66.7 Å². The predicted molar refractivity (Wildman–Crippen MR) is 139 cm³/mol. The summed E-state index contributed by atoms with van der Waals surface area (Å²) in [6, 6.07) is 15.1. The summed E-state index contributed by atoms with van der Waals surface area (Å²) in [5.74, 6) is 0.0225. The molecule has 2 rings (SSSR count). The van der Waals surface area contributed by atoms with E-state index in [1.54, 1.807) is 18.2 Å². The van der Waals surface area contributed by atoms with Gasteiger partial charge in [0.25, 0.3) is 0 Å². The molecule has 9 heteroatoms. The number of likely N-dealkylation sites (N-methyl/N-ethyl adjacent to an activating group) is 1. The van der Waals surface area contributed by atoms with Gasteiger partial charge in [-0.3, -0.25) is 4.79 Å². The van der Waals surface area contributed by atoms with E-state index in [9.17, 15) is 4.79 Å². The van der Waals surface area contributed by atoms with Crippen LogP contribution >= 0.6 is 0 Å². The Bertz CT molecular complexity index is 1020. The fourth-order valence-electron chi connectivity index (χ4n) is 3.15. The van der Waals surface area contributed by atoms with E-state index < -0.39 is 0 Å². The molecule has 0 atom stereocenters. The molecule has 0 spiro atoms. The number of anilines is 3. The second kappa shape index (κ2) is 13.6. The lowest BCUT2D eigenvalue weighted by atomic mass is 10.1. The maximum absolute atomic E-state index is 11.6. The van der Waals surface area contributed by atoms with Crippen molar-refractivity contribution in [3.63, 3.8) is 0 Å². The number of carbonyl (C=O) groups is 1. The third kappa shape index (κ3) is 7.99. The number of rotatable bonds is 11. The first-order valence-electron chi connectivity index (χ1n) is 10.7. The van der Waals surface area contributed by atoms with Gasteiger partial charge in [0.2, 0.25) is 11.9 Å². The Balaban J connectivity index is 2.35. The number of nitrogens with zero attached hydrogens (tertiary/aromatic N) is 3. The van der Waals surface area contributed by atoms with Gasteiger partial charge in [0, 0.05) is 49.3 Å². The summed E-state index contributed by atoms with van der Waals surface area (Å²) in [6.45, 7) is 7.75. The Labute approximate surface area is 194 Å². The molecule has 0 aliphatic rings. The zero-order chi connectivity index (χ0) is 24.1. The van der Waals surface area contributed by atoms with E-state index in [0.29, 0.717) is 23.9 Å². The number of hydrogen-bond acceptors (Lipinski definition) is 6. The van der Waals surface area contributed by atoms with Crippen molar-refractivity contribution in [1.82, 2.24) is 0 Å². The minimum Gasteiger partial charge on any atom is -0.370 e. The molecule has 9 nitrogen and oxygen atoms in total. The van der Waals surface area contributed by atoms with E-state index in [4.69, 9.17) is 16.9 Å². The fraction of sp³-hybridized carbons (Fsp3) is 0.250. The number of nitrogens with two attached hydrogens (primary N) is 2. The van der Waals surface area contributed by atoms with Crippen molar-refractivity contribution >= 4 is 40.9 Å².